The molecule has 1 N–H and O–H groups in total. The Morgan fingerprint density at radius 1 is 1.17 bits per heavy atom. The van der Waals surface area contributed by atoms with Gasteiger partial charge in [0.15, 0.2) is 6.29 Å². The van der Waals surface area contributed by atoms with Crippen LogP contribution in [0.3, 0.4) is 0 Å². The fourth-order valence-corrected chi connectivity index (χ4v) is 6.25. The van der Waals surface area contributed by atoms with Crippen LogP contribution in [0, 0.1) is 6.92 Å². The van der Waals surface area contributed by atoms with Crippen molar-refractivity contribution in [1.29, 1.82) is 0 Å². The number of hydrogen-bond donors (Lipinski definition) is 1. The Bertz CT molecular complexity index is 1550. The Hall–Kier alpha value is -3.78. The van der Waals surface area contributed by atoms with Crippen LogP contribution in [0.25, 0.3) is 10.9 Å². The summed E-state index contributed by atoms with van der Waals surface area (Å²) in [6.07, 6.45) is 1.41. The number of carbonyl (C=O) groups excluding carboxylic acids is 2. The van der Waals surface area contributed by atoms with Crippen LogP contribution in [-0.2, 0) is 40.4 Å². The molecule has 0 unspecified atom stereocenters. The maximum atomic E-state index is 13.5. The van der Waals surface area contributed by atoms with Crippen molar-refractivity contribution < 1.29 is 32.2 Å². The number of piperazine rings is 1. The van der Waals surface area contributed by atoms with Gasteiger partial charge in [0.2, 0.25) is 5.91 Å². The molecule has 1 amide bonds. The molecule has 0 aliphatic carbocycles. The van der Waals surface area contributed by atoms with Gasteiger partial charge < -0.3 is 24.1 Å². The number of fused-ring (bicyclic) bond motifs is 1. The topological polar surface area (TPSA) is 134 Å². The second-order valence-corrected chi connectivity index (χ2v) is 12.0. The van der Waals surface area contributed by atoms with Gasteiger partial charge in [0.25, 0.3) is 10.0 Å². The molecule has 2 aliphatic heterocycles. The highest BCUT2D eigenvalue weighted by atomic mass is 32.2. The third-order valence-electron chi connectivity index (χ3n) is 7.07. The molecule has 0 spiro atoms. The lowest BCUT2D eigenvalue weighted by Gasteiger charge is -2.38. The second-order valence-electron chi connectivity index (χ2n) is 10.1. The average molecular weight is 584 g/mol. The summed E-state index contributed by atoms with van der Waals surface area (Å²) < 4.78 is 43.8. The van der Waals surface area contributed by atoms with Crippen molar-refractivity contribution in [3.05, 3.63) is 65.2 Å². The molecule has 1 atom stereocenters. The van der Waals surface area contributed by atoms with Crippen molar-refractivity contribution in [1.82, 2.24) is 19.2 Å². The fraction of sp³-hybridized carbons (Fsp3) is 0.393. The summed E-state index contributed by atoms with van der Waals surface area (Å²) >= 11 is 0. The highest BCUT2D eigenvalue weighted by Crippen LogP contribution is 2.26. The summed E-state index contributed by atoms with van der Waals surface area (Å²) in [4.78, 5) is 30.3. The number of aromatic amines is 1. The molecule has 0 radical (unpaired) electrons. The largest absolute Gasteiger partial charge is 0.467 e. The van der Waals surface area contributed by atoms with Gasteiger partial charge in [-0.25, -0.2) is 13.2 Å². The van der Waals surface area contributed by atoms with E-state index < -0.39 is 34.5 Å². The lowest BCUT2D eigenvalue weighted by Crippen LogP contribution is -2.60. The van der Waals surface area contributed by atoms with Crippen LogP contribution >= 0.6 is 0 Å². The quantitative estimate of drug-likeness (QED) is 0.229. The van der Waals surface area contributed by atoms with Gasteiger partial charge in [-0.05, 0) is 36.2 Å². The molecule has 3 aromatic rings. The lowest BCUT2D eigenvalue weighted by atomic mass is 10.1. The van der Waals surface area contributed by atoms with Crippen molar-refractivity contribution in [3.8, 4) is 0 Å². The maximum Gasteiger partial charge on any atom is 0.329 e. The Balaban J connectivity index is 1.28. The first-order valence-corrected chi connectivity index (χ1v) is 14.6. The molecule has 2 saturated heterocycles. The van der Waals surface area contributed by atoms with E-state index in [-0.39, 0.29) is 24.4 Å². The van der Waals surface area contributed by atoms with Crippen LogP contribution in [0.1, 0.15) is 16.7 Å². The normalized spacial score (nSPS) is 19.0. The minimum absolute atomic E-state index is 0.0332. The number of amides is 1. The van der Waals surface area contributed by atoms with Crippen molar-refractivity contribution in [2.75, 3.05) is 47.0 Å². The SMILES string of the molecule is COC(=O)[C@H]1CN(S(=O)(=O)c2cc3cc(C)ccc3[nH]2)CC(=O)N1Cc1ccc(C=NN(C)CC2OCCO2)cc1. The molecule has 1 aromatic heterocycles. The van der Waals surface area contributed by atoms with Crippen molar-refractivity contribution in [2.45, 2.75) is 30.8 Å². The first-order chi connectivity index (χ1) is 19.6. The number of nitrogens with one attached hydrogen (secondary N) is 1. The summed E-state index contributed by atoms with van der Waals surface area (Å²) in [6.45, 7) is 3.09. The van der Waals surface area contributed by atoms with E-state index >= 15 is 0 Å². The zero-order chi connectivity index (χ0) is 29.1. The number of hydrogen-bond acceptors (Lipinski definition) is 9. The Morgan fingerprint density at radius 3 is 2.61 bits per heavy atom. The standard InChI is InChI=1S/C28H33N5O7S/c1-19-4-9-23-22(12-19)13-25(30-23)41(36,37)32-16-24(28(35)38-3)33(26(34)17-32)15-21-7-5-20(6-8-21)14-29-31(2)18-27-39-10-11-40-27/h4-9,12-14,24,27,30H,10-11,15-18H2,1-3H3/t24-/m1/s1. The van der Waals surface area contributed by atoms with E-state index in [2.05, 4.69) is 10.1 Å². The predicted molar refractivity (Wildman–Crippen MR) is 151 cm³/mol. The number of carbonyl (C=O) groups is 2. The van der Waals surface area contributed by atoms with Crippen LogP contribution in [0.15, 0.2) is 58.7 Å². The molecule has 2 aromatic carbocycles. The molecule has 5 rings (SSSR count). The molecule has 0 saturated carbocycles. The van der Waals surface area contributed by atoms with Crippen molar-refractivity contribution in [3.63, 3.8) is 0 Å². The number of likely N-dealkylation sites (N-methyl/N-ethyl adjacent to an activating group) is 1. The van der Waals surface area contributed by atoms with E-state index in [1.165, 1.54) is 12.0 Å². The molecule has 3 heterocycles. The third-order valence-corrected chi connectivity index (χ3v) is 8.80. The number of sulfonamides is 1. The minimum atomic E-state index is -4.08. The van der Waals surface area contributed by atoms with E-state index in [1.807, 2.05) is 50.4 Å². The molecular formula is C28H33N5O7S. The zero-order valence-corrected chi connectivity index (χ0v) is 24.0. The second kappa shape index (κ2) is 12.0. The van der Waals surface area contributed by atoms with E-state index in [1.54, 1.807) is 23.4 Å². The number of ether oxygens (including phenoxy) is 3. The first-order valence-electron chi connectivity index (χ1n) is 13.2. The van der Waals surface area contributed by atoms with Gasteiger partial charge >= 0.3 is 5.97 Å². The highest BCUT2D eigenvalue weighted by molar-refractivity contribution is 7.89. The Morgan fingerprint density at radius 2 is 1.90 bits per heavy atom. The van der Waals surface area contributed by atoms with Crippen LogP contribution < -0.4 is 0 Å². The number of H-pyrrole nitrogens is 1. The van der Waals surface area contributed by atoms with Gasteiger partial charge in [-0.2, -0.15) is 9.41 Å². The molecule has 12 nitrogen and oxygen atoms in total. The number of nitrogens with zero attached hydrogens (tertiary/aromatic N) is 4. The summed E-state index contributed by atoms with van der Waals surface area (Å²) in [5.74, 6) is -1.18. The average Bonchev–Trinajstić information content (AvgIpc) is 3.63. The van der Waals surface area contributed by atoms with E-state index in [4.69, 9.17) is 14.2 Å². The number of aromatic nitrogens is 1. The van der Waals surface area contributed by atoms with Crippen LogP contribution in [0.2, 0.25) is 0 Å². The number of rotatable bonds is 9. The summed E-state index contributed by atoms with van der Waals surface area (Å²) in [7, 11) is -1.04. The molecule has 2 fully saturated rings. The Labute approximate surface area is 238 Å². The van der Waals surface area contributed by atoms with Gasteiger partial charge in [0.1, 0.15) is 11.1 Å². The van der Waals surface area contributed by atoms with E-state index in [0.717, 1.165) is 26.4 Å². The molecule has 0 bridgehead atoms. The number of hydrazone groups is 1. The van der Waals surface area contributed by atoms with Gasteiger partial charge in [0.05, 0.1) is 39.6 Å². The van der Waals surface area contributed by atoms with Crippen LogP contribution in [-0.4, -0.2) is 105 Å². The Kier molecular flexibility index (Phi) is 8.40. The van der Waals surface area contributed by atoms with Crippen LogP contribution in [0.4, 0.5) is 0 Å². The summed E-state index contributed by atoms with van der Waals surface area (Å²) in [5, 5.41) is 6.84. The van der Waals surface area contributed by atoms with Gasteiger partial charge in [-0.15, -0.1) is 0 Å². The number of benzene rings is 2. The minimum Gasteiger partial charge on any atom is -0.467 e. The molecule has 13 heteroatoms. The number of aryl methyl sites for hydroxylation is 1. The van der Waals surface area contributed by atoms with E-state index in [9.17, 15) is 18.0 Å². The van der Waals surface area contributed by atoms with E-state index in [0.29, 0.717) is 25.3 Å². The van der Waals surface area contributed by atoms with Gasteiger partial charge in [0, 0.05) is 31.0 Å². The monoisotopic (exact) mass is 583 g/mol. The fourth-order valence-electron chi connectivity index (χ4n) is 4.84. The molecule has 218 valence electrons. The maximum absolute atomic E-state index is 13.5. The first kappa shape index (κ1) is 28.7. The van der Waals surface area contributed by atoms with Gasteiger partial charge in [-0.1, -0.05) is 35.9 Å². The molecule has 2 aliphatic rings. The number of esters is 1. The molecular weight excluding hydrogens is 550 g/mol. The predicted octanol–water partition coefficient (Wildman–Crippen LogP) is 1.69. The van der Waals surface area contributed by atoms with Gasteiger partial charge in [-0.3, -0.25) is 9.80 Å². The number of methoxy groups -OCH3 is 1. The highest BCUT2D eigenvalue weighted by Gasteiger charge is 2.42. The van der Waals surface area contributed by atoms with Crippen LogP contribution in [0.5, 0.6) is 0 Å². The molecule has 41 heavy (non-hydrogen) atoms. The smallest absolute Gasteiger partial charge is 0.329 e. The van der Waals surface area contributed by atoms with Crippen molar-refractivity contribution in [2.24, 2.45) is 5.10 Å². The lowest BCUT2D eigenvalue weighted by molar-refractivity contribution is -0.157. The summed E-state index contributed by atoms with van der Waals surface area (Å²) in [5.41, 5.74) is 3.27. The zero-order valence-electron chi connectivity index (χ0n) is 23.1. The summed E-state index contributed by atoms with van der Waals surface area (Å²) in [6, 6.07) is 13.4. The van der Waals surface area contributed by atoms with Crippen molar-refractivity contribution >= 4 is 39.0 Å². The third kappa shape index (κ3) is 6.43.